The number of hydrogen-bond acceptors (Lipinski definition) is 5. The molecule has 3 rings (SSSR count). The summed E-state index contributed by atoms with van der Waals surface area (Å²) >= 11 is 0. The first-order valence-electron chi connectivity index (χ1n) is 8.29. The van der Waals surface area contributed by atoms with Gasteiger partial charge < -0.3 is 14.4 Å². The smallest absolute Gasteiger partial charge is 0.122 e. The van der Waals surface area contributed by atoms with Gasteiger partial charge in [-0.1, -0.05) is 6.92 Å². The van der Waals surface area contributed by atoms with Crippen LogP contribution in [0.25, 0.3) is 0 Å². The molecule has 0 aliphatic carbocycles. The Morgan fingerprint density at radius 2 is 2.23 bits per heavy atom. The maximum atomic E-state index is 6.00. The first-order valence-corrected chi connectivity index (χ1v) is 8.29. The largest absolute Gasteiger partial charge is 0.497 e. The number of piperidine rings is 1. The molecule has 1 aromatic heterocycles. The summed E-state index contributed by atoms with van der Waals surface area (Å²) in [6, 6.07) is 4.51. The van der Waals surface area contributed by atoms with Crippen molar-refractivity contribution in [3.8, 4) is 5.75 Å². The molecule has 2 saturated heterocycles. The number of nitrogens with zero attached hydrogens (tertiary/aromatic N) is 3. The van der Waals surface area contributed by atoms with Crippen LogP contribution in [0.3, 0.4) is 0 Å². The molecule has 0 amide bonds. The SMILES string of the molecule is CCN1CC[C@H]2OCCN(Cc3cc(OC)cc(C)n3)[C@H]2C1. The summed E-state index contributed by atoms with van der Waals surface area (Å²) in [5.41, 5.74) is 2.10. The maximum Gasteiger partial charge on any atom is 0.122 e. The van der Waals surface area contributed by atoms with Crippen LogP contribution in [0.1, 0.15) is 24.7 Å². The van der Waals surface area contributed by atoms with E-state index >= 15 is 0 Å². The van der Waals surface area contributed by atoms with Gasteiger partial charge >= 0.3 is 0 Å². The third kappa shape index (κ3) is 3.42. The molecule has 122 valence electrons. The monoisotopic (exact) mass is 305 g/mol. The number of aryl methyl sites for hydroxylation is 1. The molecule has 2 fully saturated rings. The number of pyridine rings is 1. The van der Waals surface area contributed by atoms with E-state index in [1.807, 2.05) is 13.0 Å². The zero-order valence-electron chi connectivity index (χ0n) is 13.9. The zero-order chi connectivity index (χ0) is 15.5. The number of ether oxygens (including phenoxy) is 2. The summed E-state index contributed by atoms with van der Waals surface area (Å²) in [6.45, 7) is 10.3. The van der Waals surface area contributed by atoms with Gasteiger partial charge in [0.15, 0.2) is 0 Å². The van der Waals surface area contributed by atoms with Gasteiger partial charge in [0.1, 0.15) is 5.75 Å². The predicted octanol–water partition coefficient (Wildman–Crippen LogP) is 1.69. The highest BCUT2D eigenvalue weighted by atomic mass is 16.5. The summed E-state index contributed by atoms with van der Waals surface area (Å²) in [7, 11) is 1.71. The van der Waals surface area contributed by atoms with Crippen molar-refractivity contribution in [3.63, 3.8) is 0 Å². The van der Waals surface area contributed by atoms with Crippen LogP contribution < -0.4 is 4.74 Å². The quantitative estimate of drug-likeness (QED) is 0.846. The topological polar surface area (TPSA) is 37.8 Å². The fourth-order valence-electron chi connectivity index (χ4n) is 3.60. The second kappa shape index (κ2) is 6.94. The van der Waals surface area contributed by atoms with Gasteiger partial charge in [-0.3, -0.25) is 9.88 Å². The fraction of sp³-hybridized carbons (Fsp3) is 0.706. The van der Waals surface area contributed by atoms with Crippen molar-refractivity contribution in [2.45, 2.75) is 39.0 Å². The molecule has 5 nitrogen and oxygen atoms in total. The lowest BCUT2D eigenvalue weighted by atomic mass is 9.98. The molecule has 1 aromatic rings. The van der Waals surface area contributed by atoms with Gasteiger partial charge in [-0.15, -0.1) is 0 Å². The number of fused-ring (bicyclic) bond motifs is 1. The van der Waals surface area contributed by atoms with Crippen molar-refractivity contribution in [1.82, 2.24) is 14.8 Å². The Morgan fingerprint density at radius 3 is 3.00 bits per heavy atom. The lowest BCUT2D eigenvalue weighted by Crippen LogP contribution is -2.59. The molecule has 0 radical (unpaired) electrons. The molecule has 22 heavy (non-hydrogen) atoms. The van der Waals surface area contributed by atoms with E-state index in [1.54, 1.807) is 7.11 Å². The summed E-state index contributed by atoms with van der Waals surface area (Å²) < 4.78 is 11.4. The van der Waals surface area contributed by atoms with E-state index in [-0.39, 0.29) is 0 Å². The fourth-order valence-corrected chi connectivity index (χ4v) is 3.60. The lowest BCUT2D eigenvalue weighted by molar-refractivity contribution is -0.105. The lowest BCUT2D eigenvalue weighted by Gasteiger charge is -2.46. The number of morpholine rings is 1. The van der Waals surface area contributed by atoms with Crippen molar-refractivity contribution in [3.05, 3.63) is 23.5 Å². The molecule has 2 atom stereocenters. The van der Waals surface area contributed by atoms with Crippen LogP contribution in [-0.4, -0.2) is 66.8 Å². The van der Waals surface area contributed by atoms with Gasteiger partial charge in [0.2, 0.25) is 0 Å². The average Bonchev–Trinajstić information content (AvgIpc) is 2.54. The second-order valence-electron chi connectivity index (χ2n) is 6.27. The molecule has 2 aliphatic rings. The van der Waals surface area contributed by atoms with Gasteiger partial charge in [0, 0.05) is 50.0 Å². The number of hydrogen-bond donors (Lipinski definition) is 0. The van der Waals surface area contributed by atoms with E-state index in [9.17, 15) is 0 Å². The number of rotatable bonds is 4. The maximum absolute atomic E-state index is 6.00. The zero-order valence-corrected chi connectivity index (χ0v) is 13.9. The Hall–Kier alpha value is -1.17. The molecule has 2 aliphatic heterocycles. The Balaban J connectivity index is 1.74. The van der Waals surface area contributed by atoms with Crippen molar-refractivity contribution in [2.75, 3.05) is 39.9 Å². The standard InChI is InChI=1S/C17H27N3O2/c1-4-19-6-5-17-16(12-19)20(7-8-22-17)11-14-10-15(21-3)9-13(2)18-14/h9-10,16-17H,4-8,11-12H2,1-3H3/t16-,17+/m0/s1. The second-order valence-corrected chi connectivity index (χ2v) is 6.27. The van der Waals surface area contributed by atoms with Crippen molar-refractivity contribution >= 4 is 0 Å². The van der Waals surface area contributed by atoms with Gasteiger partial charge in [-0.05, 0) is 19.9 Å². The van der Waals surface area contributed by atoms with Gasteiger partial charge in [0.05, 0.1) is 25.5 Å². The van der Waals surface area contributed by atoms with Crippen LogP contribution in [0.5, 0.6) is 5.75 Å². The minimum Gasteiger partial charge on any atom is -0.497 e. The highest BCUT2D eigenvalue weighted by Gasteiger charge is 2.36. The summed E-state index contributed by atoms with van der Waals surface area (Å²) in [5.74, 6) is 0.895. The third-order valence-electron chi connectivity index (χ3n) is 4.81. The van der Waals surface area contributed by atoms with Crippen LogP contribution in [-0.2, 0) is 11.3 Å². The molecule has 0 N–H and O–H groups in total. The Kier molecular flexibility index (Phi) is 4.96. The Bertz CT molecular complexity index is 509. The average molecular weight is 305 g/mol. The highest BCUT2D eigenvalue weighted by molar-refractivity contribution is 5.26. The molecule has 0 aromatic carbocycles. The molecule has 0 bridgehead atoms. The van der Waals surface area contributed by atoms with Crippen LogP contribution >= 0.6 is 0 Å². The van der Waals surface area contributed by atoms with E-state index < -0.39 is 0 Å². The van der Waals surface area contributed by atoms with Crippen molar-refractivity contribution in [2.24, 2.45) is 0 Å². The number of methoxy groups -OCH3 is 1. The summed E-state index contributed by atoms with van der Waals surface area (Å²) in [5, 5.41) is 0. The molecular weight excluding hydrogens is 278 g/mol. The molecule has 3 heterocycles. The van der Waals surface area contributed by atoms with E-state index in [1.165, 1.54) is 0 Å². The first-order chi connectivity index (χ1) is 10.7. The third-order valence-corrected chi connectivity index (χ3v) is 4.81. The number of likely N-dealkylation sites (N-methyl/N-ethyl adjacent to an activating group) is 1. The van der Waals surface area contributed by atoms with Crippen LogP contribution in [0.15, 0.2) is 12.1 Å². The molecular formula is C17H27N3O2. The number of likely N-dealkylation sites (tertiary alicyclic amines) is 1. The van der Waals surface area contributed by atoms with Crippen LogP contribution in [0.4, 0.5) is 0 Å². The van der Waals surface area contributed by atoms with E-state index in [2.05, 4.69) is 27.8 Å². The normalized spacial score (nSPS) is 26.7. The molecule has 0 unspecified atom stereocenters. The van der Waals surface area contributed by atoms with E-state index in [4.69, 9.17) is 9.47 Å². The minimum absolute atomic E-state index is 0.378. The molecule has 5 heteroatoms. The molecule has 0 saturated carbocycles. The van der Waals surface area contributed by atoms with Gasteiger partial charge in [0.25, 0.3) is 0 Å². The summed E-state index contributed by atoms with van der Waals surface area (Å²) in [4.78, 5) is 9.74. The Labute approximate surface area is 133 Å². The van der Waals surface area contributed by atoms with Crippen molar-refractivity contribution < 1.29 is 9.47 Å². The minimum atomic E-state index is 0.378. The highest BCUT2D eigenvalue weighted by Crippen LogP contribution is 2.25. The molecule has 0 spiro atoms. The Morgan fingerprint density at radius 1 is 1.36 bits per heavy atom. The van der Waals surface area contributed by atoms with Gasteiger partial charge in [-0.25, -0.2) is 0 Å². The first kappa shape index (κ1) is 15.7. The van der Waals surface area contributed by atoms with E-state index in [0.717, 1.165) is 62.9 Å². The van der Waals surface area contributed by atoms with Crippen LogP contribution in [0.2, 0.25) is 0 Å². The summed E-state index contributed by atoms with van der Waals surface area (Å²) in [6.07, 6.45) is 1.52. The predicted molar refractivity (Wildman–Crippen MR) is 86.2 cm³/mol. The van der Waals surface area contributed by atoms with Gasteiger partial charge in [-0.2, -0.15) is 0 Å². The van der Waals surface area contributed by atoms with Crippen molar-refractivity contribution in [1.29, 1.82) is 0 Å². The van der Waals surface area contributed by atoms with E-state index in [0.29, 0.717) is 12.1 Å². The van der Waals surface area contributed by atoms with Crippen LogP contribution in [0, 0.1) is 6.92 Å². The number of aromatic nitrogens is 1.